The lowest BCUT2D eigenvalue weighted by Crippen LogP contribution is -2.23. The van der Waals surface area contributed by atoms with Gasteiger partial charge in [-0.1, -0.05) is 0 Å². The number of aliphatic hydroxyl groups excluding tert-OH is 1. The molecular formula is C20H20F2N6O. The maximum atomic E-state index is 14.2. The van der Waals surface area contributed by atoms with Crippen molar-refractivity contribution in [3.05, 3.63) is 66.3 Å². The summed E-state index contributed by atoms with van der Waals surface area (Å²) in [5.74, 6) is -0.352. The molecule has 3 heterocycles. The van der Waals surface area contributed by atoms with E-state index in [0.717, 1.165) is 23.3 Å². The van der Waals surface area contributed by atoms with E-state index in [1.54, 1.807) is 52.7 Å². The van der Waals surface area contributed by atoms with Crippen LogP contribution in [-0.4, -0.2) is 43.1 Å². The van der Waals surface area contributed by atoms with Gasteiger partial charge in [0.15, 0.2) is 5.65 Å². The summed E-state index contributed by atoms with van der Waals surface area (Å²) < 4.78 is 31.1. The fourth-order valence-electron chi connectivity index (χ4n) is 3.23. The van der Waals surface area contributed by atoms with E-state index < -0.39 is 17.7 Å². The van der Waals surface area contributed by atoms with Crippen molar-refractivity contribution in [3.63, 3.8) is 0 Å². The van der Waals surface area contributed by atoms with Gasteiger partial charge in [-0.2, -0.15) is 10.2 Å². The molecule has 0 aliphatic carbocycles. The van der Waals surface area contributed by atoms with E-state index in [0.29, 0.717) is 18.0 Å². The lowest BCUT2D eigenvalue weighted by Gasteiger charge is -2.26. The number of aromatic nitrogens is 5. The van der Waals surface area contributed by atoms with Gasteiger partial charge in [0.1, 0.15) is 17.5 Å². The molecule has 0 fully saturated rings. The summed E-state index contributed by atoms with van der Waals surface area (Å²) in [4.78, 5) is 6.47. The second kappa shape index (κ2) is 7.59. The van der Waals surface area contributed by atoms with Gasteiger partial charge in [0.25, 0.3) is 0 Å². The molecule has 1 aromatic carbocycles. The van der Waals surface area contributed by atoms with Crippen LogP contribution >= 0.6 is 0 Å². The zero-order chi connectivity index (χ0) is 20.5. The van der Waals surface area contributed by atoms with E-state index in [-0.39, 0.29) is 12.2 Å². The van der Waals surface area contributed by atoms with Crippen molar-refractivity contribution in [1.82, 2.24) is 24.4 Å². The number of anilines is 1. The topological polar surface area (TPSA) is 71.5 Å². The molecule has 0 bridgehead atoms. The summed E-state index contributed by atoms with van der Waals surface area (Å²) in [6.07, 6.45) is 6.97. The largest absolute Gasteiger partial charge is 0.394 e. The molecule has 0 spiro atoms. The predicted octanol–water partition coefficient (Wildman–Crippen LogP) is 3.06. The monoisotopic (exact) mass is 398 g/mol. The van der Waals surface area contributed by atoms with Crippen LogP contribution < -0.4 is 4.90 Å². The van der Waals surface area contributed by atoms with Crippen LogP contribution in [0.4, 0.5) is 14.6 Å². The molecule has 0 saturated heterocycles. The maximum Gasteiger partial charge on any atom is 0.165 e. The highest BCUT2D eigenvalue weighted by Gasteiger charge is 2.19. The Kier molecular flexibility index (Phi) is 4.98. The Morgan fingerprint density at radius 3 is 2.79 bits per heavy atom. The molecule has 0 saturated carbocycles. The van der Waals surface area contributed by atoms with E-state index >= 15 is 0 Å². The molecule has 9 heteroatoms. The molecule has 7 nitrogen and oxygen atoms in total. The summed E-state index contributed by atoms with van der Waals surface area (Å²) in [5.41, 5.74) is 2.48. The van der Waals surface area contributed by atoms with E-state index in [1.165, 1.54) is 6.07 Å². The van der Waals surface area contributed by atoms with Gasteiger partial charge in [-0.05, 0) is 31.2 Å². The fraction of sp³-hybridized carbons (Fsp3) is 0.250. The summed E-state index contributed by atoms with van der Waals surface area (Å²) >= 11 is 0. The summed E-state index contributed by atoms with van der Waals surface area (Å²) in [6.45, 7) is 2.19. The lowest BCUT2D eigenvalue weighted by molar-refractivity contribution is 0.269. The third-order valence-corrected chi connectivity index (χ3v) is 4.98. The molecule has 1 atom stereocenters. The van der Waals surface area contributed by atoms with Gasteiger partial charge in [0.05, 0.1) is 31.6 Å². The van der Waals surface area contributed by atoms with Crippen LogP contribution in [-0.2, 0) is 6.54 Å². The number of benzene rings is 1. The van der Waals surface area contributed by atoms with Crippen molar-refractivity contribution < 1.29 is 13.9 Å². The fourth-order valence-corrected chi connectivity index (χ4v) is 3.23. The van der Waals surface area contributed by atoms with Gasteiger partial charge in [-0.3, -0.25) is 4.68 Å². The first-order valence-corrected chi connectivity index (χ1v) is 9.14. The second-order valence-electron chi connectivity index (χ2n) is 6.78. The van der Waals surface area contributed by atoms with Gasteiger partial charge in [-0.15, -0.1) is 0 Å². The number of aliphatic hydroxyl groups is 1. The van der Waals surface area contributed by atoms with E-state index in [1.807, 2.05) is 6.20 Å². The first-order valence-electron chi connectivity index (χ1n) is 9.14. The minimum Gasteiger partial charge on any atom is -0.394 e. The van der Waals surface area contributed by atoms with Crippen LogP contribution in [0.5, 0.6) is 0 Å². The summed E-state index contributed by atoms with van der Waals surface area (Å²) in [7, 11) is 1.78. The van der Waals surface area contributed by atoms with Gasteiger partial charge in [0.2, 0.25) is 0 Å². The van der Waals surface area contributed by atoms with Gasteiger partial charge < -0.3 is 10.0 Å². The van der Waals surface area contributed by atoms with Crippen molar-refractivity contribution in [2.24, 2.45) is 0 Å². The highest BCUT2D eigenvalue weighted by Crippen LogP contribution is 2.29. The van der Waals surface area contributed by atoms with Crippen LogP contribution in [0.2, 0.25) is 0 Å². The SMILES string of the molecule is CC(c1cc(F)ccc1F)N(C)c1ccn2ncc(-c3cnn(CCO)c3)c2n1. The van der Waals surface area contributed by atoms with Crippen LogP contribution in [0.1, 0.15) is 18.5 Å². The molecular weight excluding hydrogens is 378 g/mol. The third-order valence-electron chi connectivity index (χ3n) is 4.98. The minimum absolute atomic E-state index is 0.00238. The predicted molar refractivity (Wildman–Crippen MR) is 104 cm³/mol. The molecule has 3 aromatic heterocycles. The normalized spacial score (nSPS) is 12.4. The van der Waals surface area contributed by atoms with E-state index in [2.05, 4.69) is 15.2 Å². The Balaban J connectivity index is 1.70. The Labute approximate surface area is 165 Å². The summed E-state index contributed by atoms with van der Waals surface area (Å²) in [5, 5.41) is 17.6. The quantitative estimate of drug-likeness (QED) is 0.541. The number of rotatable bonds is 6. The first-order chi connectivity index (χ1) is 14.0. The Morgan fingerprint density at radius 2 is 2.00 bits per heavy atom. The maximum absolute atomic E-state index is 14.2. The van der Waals surface area contributed by atoms with Crippen LogP contribution in [0, 0.1) is 11.6 Å². The van der Waals surface area contributed by atoms with Crippen molar-refractivity contribution in [1.29, 1.82) is 0 Å². The number of halogens is 2. The molecule has 29 heavy (non-hydrogen) atoms. The molecule has 4 aromatic rings. The second-order valence-corrected chi connectivity index (χ2v) is 6.78. The molecule has 4 rings (SSSR count). The highest BCUT2D eigenvalue weighted by atomic mass is 19.1. The van der Waals surface area contributed by atoms with Crippen molar-refractivity contribution in [3.8, 4) is 11.1 Å². The number of hydrogen-bond donors (Lipinski definition) is 1. The first kappa shape index (κ1) is 19.0. The highest BCUT2D eigenvalue weighted by molar-refractivity contribution is 5.77. The van der Waals surface area contributed by atoms with E-state index in [9.17, 15) is 8.78 Å². The number of fused-ring (bicyclic) bond motifs is 1. The van der Waals surface area contributed by atoms with Gasteiger partial charge in [-0.25, -0.2) is 18.3 Å². The molecule has 0 amide bonds. The van der Waals surface area contributed by atoms with Crippen LogP contribution in [0.25, 0.3) is 16.8 Å². The zero-order valence-corrected chi connectivity index (χ0v) is 16.0. The van der Waals surface area contributed by atoms with Crippen LogP contribution in [0.15, 0.2) is 49.1 Å². The lowest BCUT2D eigenvalue weighted by atomic mass is 10.1. The molecule has 1 N–H and O–H groups in total. The minimum atomic E-state index is -0.483. The summed E-state index contributed by atoms with van der Waals surface area (Å²) in [6, 6.07) is 4.77. The standard InChI is InChI=1S/C20H20F2N6O/c1-13(16-9-15(21)3-4-18(16)22)26(2)19-5-6-28-20(25-19)17(11-24-28)14-10-23-27(12-14)7-8-29/h3-6,9-13,29H,7-8H2,1-2H3. The van der Waals surface area contributed by atoms with E-state index in [4.69, 9.17) is 5.11 Å². The molecule has 150 valence electrons. The Hall–Kier alpha value is -3.33. The molecule has 1 unspecified atom stereocenters. The Morgan fingerprint density at radius 1 is 1.17 bits per heavy atom. The Bertz CT molecular complexity index is 1160. The molecule has 0 aliphatic rings. The average Bonchev–Trinajstić information content (AvgIpc) is 3.35. The van der Waals surface area contributed by atoms with Crippen molar-refractivity contribution in [2.45, 2.75) is 19.5 Å². The molecule has 0 aliphatic heterocycles. The number of nitrogens with zero attached hydrogens (tertiary/aromatic N) is 6. The number of hydrogen-bond acceptors (Lipinski definition) is 5. The third kappa shape index (κ3) is 3.56. The smallest absolute Gasteiger partial charge is 0.165 e. The van der Waals surface area contributed by atoms with Gasteiger partial charge in [0, 0.05) is 36.1 Å². The van der Waals surface area contributed by atoms with Gasteiger partial charge >= 0.3 is 0 Å². The molecule has 0 radical (unpaired) electrons. The average molecular weight is 398 g/mol. The van der Waals surface area contributed by atoms with Crippen LogP contribution in [0.3, 0.4) is 0 Å². The zero-order valence-electron chi connectivity index (χ0n) is 16.0. The van der Waals surface area contributed by atoms with Crippen molar-refractivity contribution in [2.75, 3.05) is 18.6 Å². The van der Waals surface area contributed by atoms with Crippen molar-refractivity contribution >= 4 is 11.5 Å².